The molecule has 2 N–H and O–H groups in total. The van der Waals surface area contributed by atoms with Gasteiger partial charge in [0.05, 0.1) is 10.0 Å². The Morgan fingerprint density at radius 1 is 1.31 bits per heavy atom. The Hall–Kier alpha value is 0.110. The Labute approximate surface area is 112 Å². The van der Waals surface area contributed by atoms with Crippen LogP contribution < -0.4 is 5.73 Å². The van der Waals surface area contributed by atoms with Gasteiger partial charge in [0, 0.05) is 11.8 Å². The number of benzene rings is 1. The van der Waals surface area contributed by atoms with Crippen molar-refractivity contribution >= 4 is 35.0 Å². The van der Waals surface area contributed by atoms with E-state index in [9.17, 15) is 0 Å². The summed E-state index contributed by atoms with van der Waals surface area (Å²) in [5.74, 6) is 2.17. The monoisotopic (exact) mass is 277 g/mol. The highest BCUT2D eigenvalue weighted by molar-refractivity contribution is 7.99. The molecule has 0 fully saturated rings. The third kappa shape index (κ3) is 4.96. The molecule has 1 atom stereocenters. The van der Waals surface area contributed by atoms with Gasteiger partial charge in [-0.3, -0.25) is 0 Å². The van der Waals surface area contributed by atoms with Crippen molar-refractivity contribution < 1.29 is 0 Å². The summed E-state index contributed by atoms with van der Waals surface area (Å²) in [6, 6.07) is 5.89. The van der Waals surface area contributed by atoms with Crippen LogP contribution in [0.25, 0.3) is 0 Å². The molecule has 1 aromatic rings. The number of hydrogen-bond acceptors (Lipinski definition) is 2. The van der Waals surface area contributed by atoms with Crippen molar-refractivity contribution in [1.29, 1.82) is 0 Å². The summed E-state index contributed by atoms with van der Waals surface area (Å²) < 4.78 is 0. The van der Waals surface area contributed by atoms with E-state index in [1.54, 1.807) is 0 Å². The number of nitrogens with two attached hydrogens (primary N) is 1. The molecule has 1 aromatic carbocycles. The van der Waals surface area contributed by atoms with Crippen LogP contribution in [-0.4, -0.2) is 17.5 Å². The molecule has 0 saturated carbocycles. The van der Waals surface area contributed by atoms with E-state index in [2.05, 4.69) is 6.92 Å². The SMILES string of the molecule is CCCSCC(N)Cc1ccc(Cl)c(Cl)c1. The molecule has 4 heteroatoms. The molecule has 0 bridgehead atoms. The Bertz CT molecular complexity index is 331. The number of hydrogen-bond donors (Lipinski definition) is 1. The van der Waals surface area contributed by atoms with Crippen LogP contribution in [0.15, 0.2) is 18.2 Å². The molecule has 0 saturated heterocycles. The smallest absolute Gasteiger partial charge is 0.0595 e. The number of thioether (sulfide) groups is 1. The Kier molecular flexibility index (Phi) is 6.59. The van der Waals surface area contributed by atoms with Gasteiger partial charge in [0.15, 0.2) is 0 Å². The summed E-state index contributed by atoms with van der Waals surface area (Å²) in [5, 5.41) is 1.20. The minimum Gasteiger partial charge on any atom is -0.327 e. The third-order valence-electron chi connectivity index (χ3n) is 2.16. The summed E-state index contributed by atoms with van der Waals surface area (Å²) in [6.07, 6.45) is 2.05. The van der Waals surface area contributed by atoms with Crippen LogP contribution in [0, 0.1) is 0 Å². The zero-order valence-corrected chi connectivity index (χ0v) is 11.7. The van der Waals surface area contributed by atoms with Gasteiger partial charge in [-0.15, -0.1) is 0 Å². The summed E-state index contributed by atoms with van der Waals surface area (Å²) in [6.45, 7) is 2.18. The minimum atomic E-state index is 0.189. The van der Waals surface area contributed by atoms with E-state index in [1.807, 2.05) is 30.0 Å². The summed E-state index contributed by atoms with van der Waals surface area (Å²) in [5.41, 5.74) is 7.19. The van der Waals surface area contributed by atoms with E-state index in [1.165, 1.54) is 12.2 Å². The van der Waals surface area contributed by atoms with E-state index < -0.39 is 0 Å². The average Bonchev–Trinajstić information content (AvgIpc) is 2.24. The molecule has 16 heavy (non-hydrogen) atoms. The van der Waals surface area contributed by atoms with E-state index in [0.717, 1.165) is 17.7 Å². The van der Waals surface area contributed by atoms with Crippen LogP contribution in [0.4, 0.5) is 0 Å². The van der Waals surface area contributed by atoms with Crippen LogP contribution in [0.1, 0.15) is 18.9 Å². The predicted octanol–water partition coefficient (Wildman–Crippen LogP) is 4.01. The maximum absolute atomic E-state index is 6.04. The highest BCUT2D eigenvalue weighted by atomic mass is 35.5. The molecule has 1 rings (SSSR count). The quantitative estimate of drug-likeness (QED) is 0.796. The lowest BCUT2D eigenvalue weighted by molar-refractivity contribution is 0.748. The van der Waals surface area contributed by atoms with Gasteiger partial charge in [-0.1, -0.05) is 36.2 Å². The summed E-state index contributed by atoms with van der Waals surface area (Å²) in [7, 11) is 0. The van der Waals surface area contributed by atoms with E-state index in [0.29, 0.717) is 10.0 Å². The molecule has 0 amide bonds. The Morgan fingerprint density at radius 2 is 2.06 bits per heavy atom. The predicted molar refractivity (Wildman–Crippen MR) is 75.8 cm³/mol. The molecule has 0 aliphatic heterocycles. The molecule has 0 spiro atoms. The zero-order valence-electron chi connectivity index (χ0n) is 9.38. The first kappa shape index (κ1) is 14.2. The van der Waals surface area contributed by atoms with Gasteiger partial charge in [0.25, 0.3) is 0 Å². The first-order chi connectivity index (χ1) is 7.63. The fourth-order valence-electron chi connectivity index (χ4n) is 1.41. The van der Waals surface area contributed by atoms with E-state index >= 15 is 0 Å². The lowest BCUT2D eigenvalue weighted by Gasteiger charge is -2.11. The van der Waals surface area contributed by atoms with E-state index in [4.69, 9.17) is 28.9 Å². The highest BCUT2D eigenvalue weighted by Gasteiger charge is 2.06. The van der Waals surface area contributed by atoms with Gasteiger partial charge < -0.3 is 5.73 Å². The van der Waals surface area contributed by atoms with Crippen molar-refractivity contribution in [3.8, 4) is 0 Å². The first-order valence-corrected chi connectivity index (χ1v) is 7.31. The molecule has 1 unspecified atom stereocenters. The second kappa shape index (κ2) is 7.44. The van der Waals surface area contributed by atoms with Crippen LogP contribution >= 0.6 is 35.0 Å². The van der Waals surface area contributed by atoms with Crippen molar-refractivity contribution in [2.45, 2.75) is 25.8 Å². The van der Waals surface area contributed by atoms with Crippen molar-refractivity contribution in [2.75, 3.05) is 11.5 Å². The lowest BCUT2D eigenvalue weighted by Crippen LogP contribution is -2.25. The molecular formula is C12H17Cl2NS. The van der Waals surface area contributed by atoms with Crippen molar-refractivity contribution in [1.82, 2.24) is 0 Å². The zero-order chi connectivity index (χ0) is 12.0. The van der Waals surface area contributed by atoms with Crippen molar-refractivity contribution in [3.05, 3.63) is 33.8 Å². The molecule has 90 valence electrons. The van der Waals surface area contributed by atoms with Crippen molar-refractivity contribution in [2.24, 2.45) is 5.73 Å². The maximum Gasteiger partial charge on any atom is 0.0595 e. The van der Waals surface area contributed by atoms with Crippen LogP contribution in [0.5, 0.6) is 0 Å². The third-order valence-corrected chi connectivity index (χ3v) is 4.26. The molecule has 0 radical (unpaired) electrons. The number of rotatable bonds is 6. The average molecular weight is 278 g/mol. The van der Waals surface area contributed by atoms with Gasteiger partial charge in [0.2, 0.25) is 0 Å². The molecular weight excluding hydrogens is 261 g/mol. The van der Waals surface area contributed by atoms with Crippen LogP contribution in [-0.2, 0) is 6.42 Å². The fourth-order valence-corrected chi connectivity index (χ4v) is 2.60. The number of halogens is 2. The molecule has 0 aliphatic rings. The highest BCUT2D eigenvalue weighted by Crippen LogP contribution is 2.23. The van der Waals surface area contributed by atoms with Gasteiger partial charge in [-0.05, 0) is 36.3 Å². The Morgan fingerprint density at radius 3 is 2.69 bits per heavy atom. The normalized spacial score (nSPS) is 12.8. The minimum absolute atomic E-state index is 0.189. The lowest BCUT2D eigenvalue weighted by atomic mass is 10.1. The van der Waals surface area contributed by atoms with Gasteiger partial charge in [-0.25, -0.2) is 0 Å². The molecule has 0 heterocycles. The van der Waals surface area contributed by atoms with E-state index in [-0.39, 0.29) is 6.04 Å². The second-order valence-corrected chi connectivity index (χ2v) is 5.75. The first-order valence-electron chi connectivity index (χ1n) is 5.40. The van der Waals surface area contributed by atoms with Gasteiger partial charge in [-0.2, -0.15) is 11.8 Å². The molecule has 1 nitrogen and oxygen atoms in total. The largest absolute Gasteiger partial charge is 0.327 e. The van der Waals surface area contributed by atoms with Crippen LogP contribution in [0.2, 0.25) is 10.0 Å². The van der Waals surface area contributed by atoms with Crippen molar-refractivity contribution in [3.63, 3.8) is 0 Å². The summed E-state index contributed by atoms with van der Waals surface area (Å²) in [4.78, 5) is 0. The van der Waals surface area contributed by atoms with Crippen LogP contribution in [0.3, 0.4) is 0 Å². The Balaban J connectivity index is 2.43. The van der Waals surface area contributed by atoms with Gasteiger partial charge >= 0.3 is 0 Å². The molecule has 0 aliphatic carbocycles. The second-order valence-electron chi connectivity index (χ2n) is 3.79. The standard InChI is InChI=1S/C12H17Cl2NS/c1-2-5-16-8-10(15)6-9-3-4-11(13)12(14)7-9/h3-4,7,10H,2,5-6,8,15H2,1H3. The maximum atomic E-state index is 6.04. The van der Waals surface area contributed by atoms with Gasteiger partial charge in [0.1, 0.15) is 0 Å². The molecule has 0 aromatic heterocycles. The summed E-state index contributed by atoms with van der Waals surface area (Å²) >= 11 is 13.7. The fraction of sp³-hybridized carbons (Fsp3) is 0.500. The topological polar surface area (TPSA) is 26.0 Å².